The molecule has 5 heteroatoms. The number of Topliss-reactive ketones (excluding diaryl/α,β-unsaturated/α-hetero) is 1. The summed E-state index contributed by atoms with van der Waals surface area (Å²) in [6.45, 7) is 3.21. The minimum Gasteiger partial charge on any atom is -0.307 e. The summed E-state index contributed by atoms with van der Waals surface area (Å²) in [6.07, 6.45) is 4.30. The third-order valence-corrected chi connectivity index (χ3v) is 2.52. The maximum atomic E-state index is 11.6. The fourth-order valence-corrected chi connectivity index (χ4v) is 1.47. The average Bonchev–Trinajstić information content (AvgIpc) is 2.96. The van der Waals surface area contributed by atoms with Crippen LogP contribution in [0.5, 0.6) is 0 Å². The smallest absolute Gasteiger partial charge is 0.154 e. The van der Waals surface area contributed by atoms with Crippen LogP contribution in [0.2, 0.25) is 0 Å². The largest absolute Gasteiger partial charge is 0.307 e. The summed E-state index contributed by atoms with van der Waals surface area (Å²) in [7, 11) is 0. The molecule has 1 N–H and O–H groups in total. The maximum absolute atomic E-state index is 11.6. The van der Waals surface area contributed by atoms with Gasteiger partial charge < -0.3 is 5.32 Å². The topological polar surface area (TPSA) is 59.8 Å². The van der Waals surface area contributed by atoms with Crippen LogP contribution in [-0.4, -0.2) is 33.1 Å². The second kappa shape index (κ2) is 4.53. The van der Waals surface area contributed by atoms with Gasteiger partial charge in [0.25, 0.3) is 0 Å². The highest BCUT2D eigenvalue weighted by atomic mass is 16.1. The van der Waals surface area contributed by atoms with Crippen molar-refractivity contribution in [3.05, 3.63) is 12.2 Å². The van der Waals surface area contributed by atoms with Gasteiger partial charge >= 0.3 is 0 Å². The quantitative estimate of drug-likeness (QED) is 0.723. The van der Waals surface area contributed by atoms with Crippen LogP contribution in [0.1, 0.15) is 25.6 Å². The molecule has 1 heterocycles. The Labute approximate surface area is 88.9 Å². The first-order valence-corrected chi connectivity index (χ1v) is 5.41. The first kappa shape index (κ1) is 10.3. The lowest BCUT2D eigenvalue weighted by Crippen LogP contribution is -2.26. The molecule has 1 saturated carbocycles. The van der Waals surface area contributed by atoms with Crippen molar-refractivity contribution in [1.29, 1.82) is 0 Å². The number of nitrogens with zero attached hydrogens (tertiary/aromatic N) is 3. The minimum atomic E-state index is 0.185. The fourth-order valence-electron chi connectivity index (χ4n) is 1.47. The van der Waals surface area contributed by atoms with Gasteiger partial charge in [0.05, 0.1) is 13.0 Å². The van der Waals surface area contributed by atoms with Gasteiger partial charge in [-0.15, -0.1) is 0 Å². The van der Waals surface area contributed by atoms with Gasteiger partial charge in [0.2, 0.25) is 0 Å². The van der Waals surface area contributed by atoms with Crippen LogP contribution >= 0.6 is 0 Å². The molecule has 5 nitrogen and oxygen atoms in total. The Morgan fingerprint density at radius 3 is 3.13 bits per heavy atom. The predicted octanol–water partition coefficient (Wildman–Crippen LogP) is 0.162. The van der Waals surface area contributed by atoms with Gasteiger partial charge in [-0.25, -0.2) is 9.67 Å². The van der Waals surface area contributed by atoms with E-state index < -0.39 is 0 Å². The van der Waals surface area contributed by atoms with Crippen LogP contribution in [0.3, 0.4) is 0 Å². The number of carbonyl (C=O) groups is 1. The molecule has 82 valence electrons. The highest BCUT2D eigenvalue weighted by Crippen LogP contribution is 2.18. The third-order valence-electron chi connectivity index (χ3n) is 2.52. The number of aryl methyl sites for hydroxylation is 1. The van der Waals surface area contributed by atoms with Crippen molar-refractivity contribution in [3.63, 3.8) is 0 Å². The Hall–Kier alpha value is -1.23. The molecule has 1 aromatic rings. The number of hydrogen-bond donors (Lipinski definition) is 1. The molecule has 2 rings (SSSR count). The van der Waals surface area contributed by atoms with E-state index in [1.807, 2.05) is 6.92 Å². The van der Waals surface area contributed by atoms with Crippen molar-refractivity contribution in [2.45, 2.75) is 38.8 Å². The van der Waals surface area contributed by atoms with Gasteiger partial charge in [0.15, 0.2) is 5.78 Å². The van der Waals surface area contributed by atoms with Gasteiger partial charge in [-0.1, -0.05) is 0 Å². The molecular formula is C10H16N4O. The SMILES string of the molecule is CCn1ncnc1CC(=O)CNC1CC1. The third kappa shape index (κ3) is 2.86. The first-order valence-electron chi connectivity index (χ1n) is 5.41. The van der Waals surface area contributed by atoms with Gasteiger partial charge in [0, 0.05) is 12.6 Å². The minimum absolute atomic E-state index is 0.185. The van der Waals surface area contributed by atoms with Crippen LogP contribution in [0.25, 0.3) is 0 Å². The molecule has 0 aliphatic heterocycles. The van der Waals surface area contributed by atoms with E-state index in [0.29, 0.717) is 19.0 Å². The van der Waals surface area contributed by atoms with Crippen molar-refractivity contribution in [2.24, 2.45) is 0 Å². The lowest BCUT2D eigenvalue weighted by molar-refractivity contribution is -0.117. The summed E-state index contributed by atoms with van der Waals surface area (Å²) in [5.74, 6) is 0.949. The first-order chi connectivity index (χ1) is 7.29. The number of nitrogens with one attached hydrogen (secondary N) is 1. The molecule has 0 spiro atoms. The standard InChI is InChI=1S/C10H16N4O/c1-2-14-10(12-7-13-14)5-9(15)6-11-8-3-4-8/h7-8,11H,2-6H2,1H3. The Balaban J connectivity index is 1.81. The lowest BCUT2D eigenvalue weighted by Gasteiger charge is -2.03. The monoisotopic (exact) mass is 208 g/mol. The van der Waals surface area contributed by atoms with E-state index in [9.17, 15) is 4.79 Å². The van der Waals surface area contributed by atoms with Crippen LogP contribution < -0.4 is 5.32 Å². The summed E-state index contributed by atoms with van der Waals surface area (Å²) in [5.41, 5.74) is 0. The molecule has 1 fully saturated rings. The average molecular weight is 208 g/mol. The lowest BCUT2D eigenvalue weighted by atomic mass is 10.2. The zero-order valence-electron chi connectivity index (χ0n) is 8.94. The second-order valence-corrected chi connectivity index (χ2v) is 3.86. The number of carbonyl (C=O) groups excluding carboxylic acids is 1. The Morgan fingerprint density at radius 1 is 1.67 bits per heavy atom. The van der Waals surface area contributed by atoms with E-state index in [0.717, 1.165) is 12.4 Å². The van der Waals surface area contributed by atoms with E-state index in [4.69, 9.17) is 0 Å². The number of rotatable bonds is 6. The molecule has 0 unspecified atom stereocenters. The highest BCUT2D eigenvalue weighted by molar-refractivity contribution is 5.82. The molecule has 0 saturated heterocycles. The zero-order valence-corrected chi connectivity index (χ0v) is 8.94. The van der Waals surface area contributed by atoms with Gasteiger partial charge in [-0.2, -0.15) is 5.10 Å². The zero-order chi connectivity index (χ0) is 10.7. The van der Waals surface area contributed by atoms with E-state index in [1.54, 1.807) is 4.68 Å². The Kier molecular flexibility index (Phi) is 3.11. The Morgan fingerprint density at radius 2 is 2.47 bits per heavy atom. The number of aromatic nitrogens is 3. The van der Waals surface area contributed by atoms with Crippen molar-refractivity contribution in [3.8, 4) is 0 Å². The van der Waals surface area contributed by atoms with Crippen molar-refractivity contribution >= 4 is 5.78 Å². The van der Waals surface area contributed by atoms with Gasteiger partial charge in [-0.3, -0.25) is 4.79 Å². The molecule has 1 aromatic heterocycles. The van der Waals surface area contributed by atoms with Crippen molar-refractivity contribution in [1.82, 2.24) is 20.1 Å². The van der Waals surface area contributed by atoms with Crippen LogP contribution in [0.15, 0.2) is 6.33 Å². The molecular weight excluding hydrogens is 192 g/mol. The Bertz CT molecular complexity index is 343. The predicted molar refractivity (Wildman–Crippen MR) is 55.4 cm³/mol. The molecule has 1 aliphatic rings. The van der Waals surface area contributed by atoms with Crippen LogP contribution in [0, 0.1) is 0 Å². The summed E-state index contributed by atoms with van der Waals surface area (Å²) in [5, 5.41) is 7.23. The molecule has 15 heavy (non-hydrogen) atoms. The van der Waals surface area contributed by atoms with E-state index >= 15 is 0 Å². The molecule has 0 atom stereocenters. The number of ketones is 1. The van der Waals surface area contributed by atoms with E-state index in [-0.39, 0.29) is 5.78 Å². The fraction of sp³-hybridized carbons (Fsp3) is 0.700. The molecule has 0 aromatic carbocycles. The molecule has 1 aliphatic carbocycles. The molecule has 0 amide bonds. The summed E-state index contributed by atoms with van der Waals surface area (Å²) in [4.78, 5) is 15.6. The van der Waals surface area contributed by atoms with Crippen molar-refractivity contribution in [2.75, 3.05) is 6.54 Å². The van der Waals surface area contributed by atoms with Crippen LogP contribution in [0.4, 0.5) is 0 Å². The van der Waals surface area contributed by atoms with E-state index in [1.165, 1.54) is 19.2 Å². The van der Waals surface area contributed by atoms with Gasteiger partial charge in [-0.05, 0) is 19.8 Å². The summed E-state index contributed by atoms with van der Waals surface area (Å²) >= 11 is 0. The molecule has 0 bridgehead atoms. The van der Waals surface area contributed by atoms with Crippen LogP contribution in [-0.2, 0) is 17.8 Å². The van der Waals surface area contributed by atoms with Gasteiger partial charge in [0.1, 0.15) is 12.2 Å². The summed E-state index contributed by atoms with van der Waals surface area (Å²) in [6, 6.07) is 0.581. The number of hydrogen-bond acceptors (Lipinski definition) is 4. The molecule has 0 radical (unpaired) electrons. The second-order valence-electron chi connectivity index (χ2n) is 3.86. The van der Waals surface area contributed by atoms with Crippen molar-refractivity contribution < 1.29 is 4.79 Å². The summed E-state index contributed by atoms with van der Waals surface area (Å²) < 4.78 is 1.76. The maximum Gasteiger partial charge on any atom is 0.154 e. The van der Waals surface area contributed by atoms with E-state index in [2.05, 4.69) is 15.4 Å². The highest BCUT2D eigenvalue weighted by Gasteiger charge is 2.21. The normalized spacial score (nSPS) is 15.5.